The molecular formula is C16H20N2O3S2. The van der Waals surface area contributed by atoms with Crippen LogP contribution in [0.4, 0.5) is 4.79 Å². The number of hydrogen-bond donors (Lipinski definition) is 0. The molecule has 1 amide bonds. The third-order valence-corrected chi connectivity index (χ3v) is 6.55. The first kappa shape index (κ1) is 16.4. The molecule has 3 rings (SSSR count). The Morgan fingerprint density at radius 3 is 2.83 bits per heavy atom. The molecular weight excluding hydrogens is 332 g/mol. The molecule has 0 aliphatic carbocycles. The molecule has 23 heavy (non-hydrogen) atoms. The van der Waals surface area contributed by atoms with Crippen LogP contribution in [-0.2, 0) is 15.5 Å². The zero-order valence-corrected chi connectivity index (χ0v) is 15.1. The van der Waals surface area contributed by atoms with Gasteiger partial charge in [0.15, 0.2) is 4.34 Å². The van der Waals surface area contributed by atoms with Crippen LogP contribution in [-0.4, -0.2) is 44.1 Å². The summed E-state index contributed by atoms with van der Waals surface area (Å²) in [5.74, 6) is 0. The van der Waals surface area contributed by atoms with Gasteiger partial charge in [0, 0.05) is 13.1 Å². The molecule has 1 aliphatic heterocycles. The molecule has 0 radical (unpaired) electrons. The van der Waals surface area contributed by atoms with Crippen LogP contribution in [0.3, 0.4) is 0 Å². The van der Waals surface area contributed by atoms with Gasteiger partial charge < -0.3 is 9.64 Å². The molecule has 0 unspecified atom stereocenters. The van der Waals surface area contributed by atoms with Crippen LogP contribution in [0.2, 0.25) is 0 Å². The minimum Gasteiger partial charge on any atom is -0.444 e. The number of fused-ring (bicyclic) bond motifs is 1. The van der Waals surface area contributed by atoms with E-state index in [1.807, 2.05) is 45.0 Å². The minimum atomic E-state index is -1.19. The SMILES string of the molecule is CC(C)(C)OC(=O)N1CC[C@@H]([S@@](=O)c2nc3ccccc3s2)C1. The fourth-order valence-corrected chi connectivity index (χ4v) is 5.29. The molecule has 5 nitrogen and oxygen atoms in total. The fraction of sp³-hybridized carbons (Fsp3) is 0.500. The standard InChI is InChI=1S/C16H20N2O3S2/c1-16(2,3)21-15(19)18-9-8-11(10-18)23(20)14-17-12-6-4-5-7-13(12)22-14/h4-7,11H,8-10H2,1-3H3/t11-,23-/m1/s1. The van der Waals surface area contributed by atoms with Crippen molar-refractivity contribution >= 4 is 38.4 Å². The van der Waals surface area contributed by atoms with Crippen molar-refractivity contribution < 1.29 is 13.7 Å². The topological polar surface area (TPSA) is 59.5 Å². The molecule has 0 N–H and O–H groups in total. The molecule has 1 saturated heterocycles. The molecule has 1 fully saturated rings. The average Bonchev–Trinajstić information content (AvgIpc) is 3.11. The van der Waals surface area contributed by atoms with Gasteiger partial charge in [-0.2, -0.15) is 0 Å². The van der Waals surface area contributed by atoms with E-state index in [1.54, 1.807) is 4.90 Å². The van der Waals surface area contributed by atoms with Crippen LogP contribution in [0.1, 0.15) is 27.2 Å². The van der Waals surface area contributed by atoms with E-state index in [0.717, 1.165) is 10.2 Å². The van der Waals surface area contributed by atoms with E-state index in [4.69, 9.17) is 4.74 Å². The summed E-state index contributed by atoms with van der Waals surface area (Å²) in [6.07, 6.45) is 0.378. The van der Waals surface area contributed by atoms with E-state index >= 15 is 0 Å². The van der Waals surface area contributed by atoms with E-state index in [-0.39, 0.29) is 11.3 Å². The maximum Gasteiger partial charge on any atom is 0.410 e. The van der Waals surface area contributed by atoms with E-state index in [9.17, 15) is 9.00 Å². The van der Waals surface area contributed by atoms with Crippen molar-refractivity contribution in [2.45, 2.75) is 42.4 Å². The maximum absolute atomic E-state index is 12.8. The second-order valence-corrected chi connectivity index (χ2v) is 9.52. The van der Waals surface area contributed by atoms with Crippen LogP contribution in [0.25, 0.3) is 10.2 Å². The van der Waals surface area contributed by atoms with E-state index in [0.29, 0.717) is 23.8 Å². The first-order valence-electron chi connectivity index (χ1n) is 7.57. The smallest absolute Gasteiger partial charge is 0.410 e. The van der Waals surface area contributed by atoms with Crippen molar-refractivity contribution in [3.63, 3.8) is 0 Å². The molecule has 2 atom stereocenters. The molecule has 7 heteroatoms. The van der Waals surface area contributed by atoms with Gasteiger partial charge in [0.2, 0.25) is 0 Å². The summed E-state index contributed by atoms with van der Waals surface area (Å²) in [4.78, 5) is 18.2. The summed E-state index contributed by atoms with van der Waals surface area (Å²) < 4.78 is 19.8. The van der Waals surface area contributed by atoms with Gasteiger partial charge in [0.25, 0.3) is 0 Å². The number of para-hydroxylation sites is 1. The van der Waals surface area contributed by atoms with Crippen molar-refractivity contribution in [2.75, 3.05) is 13.1 Å². The molecule has 2 aromatic rings. The van der Waals surface area contributed by atoms with Crippen molar-refractivity contribution in [2.24, 2.45) is 0 Å². The van der Waals surface area contributed by atoms with Crippen molar-refractivity contribution in [1.82, 2.24) is 9.88 Å². The number of ether oxygens (including phenoxy) is 1. The zero-order chi connectivity index (χ0) is 16.6. The highest BCUT2D eigenvalue weighted by molar-refractivity contribution is 7.88. The number of likely N-dealkylation sites (tertiary alicyclic amines) is 1. The largest absolute Gasteiger partial charge is 0.444 e. The van der Waals surface area contributed by atoms with Gasteiger partial charge in [-0.1, -0.05) is 12.1 Å². The molecule has 2 heterocycles. The van der Waals surface area contributed by atoms with Gasteiger partial charge in [-0.3, -0.25) is 4.21 Å². The first-order chi connectivity index (χ1) is 10.8. The van der Waals surface area contributed by atoms with Crippen LogP contribution < -0.4 is 0 Å². The predicted molar refractivity (Wildman–Crippen MR) is 92.2 cm³/mol. The second-order valence-electron chi connectivity index (χ2n) is 6.58. The number of nitrogens with zero attached hydrogens (tertiary/aromatic N) is 2. The molecule has 124 valence electrons. The van der Waals surface area contributed by atoms with Crippen LogP contribution in [0, 0.1) is 0 Å². The highest BCUT2D eigenvalue weighted by Crippen LogP contribution is 2.28. The van der Waals surface area contributed by atoms with Crippen molar-refractivity contribution in [1.29, 1.82) is 0 Å². The Kier molecular flexibility index (Phi) is 4.42. The molecule has 1 aliphatic rings. The third-order valence-electron chi connectivity index (χ3n) is 3.55. The number of aromatic nitrogens is 1. The highest BCUT2D eigenvalue weighted by atomic mass is 32.2. The summed E-state index contributed by atoms with van der Waals surface area (Å²) in [5, 5.41) is -0.0805. The quantitative estimate of drug-likeness (QED) is 0.831. The normalized spacial score (nSPS) is 20.0. The number of rotatable bonds is 2. The van der Waals surface area contributed by atoms with Gasteiger partial charge in [-0.25, -0.2) is 9.78 Å². The monoisotopic (exact) mass is 352 g/mol. The Labute approximate surface area is 142 Å². The van der Waals surface area contributed by atoms with Gasteiger partial charge in [-0.05, 0) is 39.3 Å². The molecule has 0 spiro atoms. The Bertz CT molecular complexity index is 718. The maximum atomic E-state index is 12.8. The number of thiazole rings is 1. The Balaban J connectivity index is 1.68. The van der Waals surface area contributed by atoms with Gasteiger partial charge >= 0.3 is 6.09 Å². The predicted octanol–water partition coefficient (Wildman–Crippen LogP) is 3.41. The van der Waals surface area contributed by atoms with E-state index in [1.165, 1.54) is 11.3 Å². The minimum absolute atomic E-state index is 0.0805. The highest BCUT2D eigenvalue weighted by Gasteiger charge is 2.34. The van der Waals surface area contributed by atoms with Gasteiger partial charge in [0.05, 0.1) is 26.3 Å². The van der Waals surface area contributed by atoms with Crippen LogP contribution in [0.15, 0.2) is 28.6 Å². The molecule has 0 bridgehead atoms. The molecule has 0 saturated carbocycles. The van der Waals surface area contributed by atoms with Gasteiger partial charge in [-0.15, -0.1) is 11.3 Å². The van der Waals surface area contributed by atoms with Crippen LogP contribution in [0.5, 0.6) is 0 Å². The van der Waals surface area contributed by atoms with E-state index < -0.39 is 16.4 Å². The summed E-state index contributed by atoms with van der Waals surface area (Å²) >= 11 is 1.47. The third kappa shape index (κ3) is 3.72. The average molecular weight is 352 g/mol. The Morgan fingerprint density at radius 2 is 2.13 bits per heavy atom. The van der Waals surface area contributed by atoms with E-state index in [2.05, 4.69) is 4.98 Å². The molecule has 1 aromatic heterocycles. The fourth-order valence-electron chi connectivity index (χ4n) is 2.47. The number of amides is 1. The Morgan fingerprint density at radius 1 is 1.39 bits per heavy atom. The number of carbonyl (C=O) groups is 1. The molecule has 1 aromatic carbocycles. The second kappa shape index (κ2) is 6.20. The lowest BCUT2D eigenvalue weighted by molar-refractivity contribution is 0.0295. The van der Waals surface area contributed by atoms with Gasteiger partial charge in [0.1, 0.15) is 5.60 Å². The van der Waals surface area contributed by atoms with Crippen molar-refractivity contribution in [3.8, 4) is 0 Å². The summed E-state index contributed by atoms with van der Waals surface area (Å²) in [6, 6.07) is 7.78. The summed E-state index contributed by atoms with van der Waals surface area (Å²) in [6.45, 7) is 6.57. The number of carbonyl (C=O) groups excluding carboxylic acids is 1. The van der Waals surface area contributed by atoms with Crippen molar-refractivity contribution in [3.05, 3.63) is 24.3 Å². The Hall–Kier alpha value is -1.47. The lowest BCUT2D eigenvalue weighted by Gasteiger charge is -2.24. The van der Waals surface area contributed by atoms with Crippen LogP contribution >= 0.6 is 11.3 Å². The zero-order valence-electron chi connectivity index (χ0n) is 13.4. The summed E-state index contributed by atoms with van der Waals surface area (Å²) in [7, 11) is -1.19. The first-order valence-corrected chi connectivity index (χ1v) is 9.60. The summed E-state index contributed by atoms with van der Waals surface area (Å²) in [5.41, 5.74) is 0.365. The lowest BCUT2D eigenvalue weighted by Crippen LogP contribution is -2.36. The number of benzene rings is 1. The lowest BCUT2D eigenvalue weighted by atomic mass is 10.2. The number of hydrogen-bond acceptors (Lipinski definition) is 5.